The van der Waals surface area contributed by atoms with Gasteiger partial charge in [0.25, 0.3) is 0 Å². The molecule has 0 aliphatic carbocycles. The van der Waals surface area contributed by atoms with Gasteiger partial charge in [0.05, 0.1) is 13.4 Å². The lowest BCUT2D eigenvalue weighted by Gasteiger charge is -1.96. The molecule has 0 saturated heterocycles. The van der Waals surface area contributed by atoms with Crippen molar-refractivity contribution in [3.63, 3.8) is 0 Å². The number of rotatable bonds is 3. The van der Waals surface area contributed by atoms with E-state index in [0.717, 1.165) is 0 Å². The Kier molecular flexibility index (Phi) is 7.86. The maximum atomic E-state index is 10.5. The molecular formula is C11H16O4. The van der Waals surface area contributed by atoms with Crippen molar-refractivity contribution in [1.82, 2.24) is 0 Å². The highest BCUT2D eigenvalue weighted by Crippen LogP contribution is 2.01. The standard InChI is InChI=1S/C9H10O4.C2H6/c1-11-9(10)13-7-3-5-8-4-2-6-12-8;1-2/h2-6H,7H2,1H3;1-2H3/b5-3+;. The van der Waals surface area contributed by atoms with E-state index in [-0.39, 0.29) is 6.61 Å². The lowest BCUT2D eigenvalue weighted by molar-refractivity contribution is 0.0819. The number of hydrogen-bond donors (Lipinski definition) is 0. The minimum absolute atomic E-state index is 0.174. The van der Waals surface area contributed by atoms with Gasteiger partial charge in [-0.3, -0.25) is 0 Å². The Labute approximate surface area is 89.5 Å². The van der Waals surface area contributed by atoms with Crippen LogP contribution in [0.5, 0.6) is 0 Å². The molecular weight excluding hydrogens is 196 g/mol. The fraction of sp³-hybridized carbons (Fsp3) is 0.364. The zero-order valence-corrected chi connectivity index (χ0v) is 9.23. The molecule has 0 fully saturated rings. The molecule has 84 valence electrons. The van der Waals surface area contributed by atoms with Crippen molar-refractivity contribution < 1.29 is 18.7 Å². The Bertz CT molecular complexity index is 275. The number of methoxy groups -OCH3 is 1. The summed E-state index contributed by atoms with van der Waals surface area (Å²) in [7, 11) is 1.26. The lowest BCUT2D eigenvalue weighted by Crippen LogP contribution is -2.03. The highest BCUT2D eigenvalue weighted by Gasteiger charge is 1.95. The van der Waals surface area contributed by atoms with E-state index in [2.05, 4.69) is 9.47 Å². The molecule has 4 nitrogen and oxygen atoms in total. The molecule has 0 aliphatic heterocycles. The molecule has 0 unspecified atom stereocenters. The van der Waals surface area contributed by atoms with Gasteiger partial charge in [0.1, 0.15) is 12.4 Å². The van der Waals surface area contributed by atoms with Crippen LogP contribution < -0.4 is 0 Å². The van der Waals surface area contributed by atoms with Crippen molar-refractivity contribution in [3.05, 3.63) is 30.2 Å². The molecule has 0 radical (unpaired) electrons. The summed E-state index contributed by atoms with van der Waals surface area (Å²) in [4.78, 5) is 10.5. The fourth-order valence-corrected chi connectivity index (χ4v) is 0.725. The van der Waals surface area contributed by atoms with Crippen molar-refractivity contribution in [2.75, 3.05) is 13.7 Å². The smallest absolute Gasteiger partial charge is 0.465 e. The second-order valence-electron chi connectivity index (χ2n) is 2.18. The van der Waals surface area contributed by atoms with Gasteiger partial charge < -0.3 is 13.9 Å². The number of ether oxygens (including phenoxy) is 2. The van der Waals surface area contributed by atoms with Gasteiger partial charge >= 0.3 is 6.16 Å². The third-order valence-corrected chi connectivity index (χ3v) is 1.29. The predicted octanol–water partition coefficient (Wildman–Crippen LogP) is 3.10. The summed E-state index contributed by atoms with van der Waals surface area (Å²) in [5.74, 6) is 0.716. The van der Waals surface area contributed by atoms with Gasteiger partial charge in [-0.15, -0.1) is 0 Å². The summed E-state index contributed by atoms with van der Waals surface area (Å²) in [6, 6.07) is 3.58. The van der Waals surface area contributed by atoms with Crippen LogP contribution in [0, 0.1) is 0 Å². The molecule has 0 atom stereocenters. The van der Waals surface area contributed by atoms with E-state index < -0.39 is 6.16 Å². The molecule has 1 heterocycles. The first-order valence-corrected chi connectivity index (χ1v) is 4.73. The van der Waals surface area contributed by atoms with Gasteiger partial charge in [-0.2, -0.15) is 0 Å². The largest absolute Gasteiger partial charge is 0.508 e. The topological polar surface area (TPSA) is 48.7 Å². The number of furan rings is 1. The van der Waals surface area contributed by atoms with Crippen LogP contribution in [0.15, 0.2) is 28.9 Å². The van der Waals surface area contributed by atoms with Crippen molar-refractivity contribution >= 4 is 12.2 Å². The Morgan fingerprint density at radius 2 is 2.27 bits per heavy atom. The van der Waals surface area contributed by atoms with E-state index in [1.165, 1.54) is 7.11 Å². The molecule has 0 N–H and O–H groups in total. The molecule has 0 aliphatic rings. The van der Waals surface area contributed by atoms with E-state index in [9.17, 15) is 4.79 Å². The van der Waals surface area contributed by atoms with Crippen molar-refractivity contribution in [3.8, 4) is 0 Å². The highest BCUT2D eigenvalue weighted by atomic mass is 16.7. The predicted molar refractivity (Wildman–Crippen MR) is 57.4 cm³/mol. The van der Waals surface area contributed by atoms with Crippen LogP contribution in [0.3, 0.4) is 0 Å². The summed E-state index contributed by atoms with van der Waals surface area (Å²) in [6.45, 7) is 4.17. The first kappa shape index (κ1) is 13.3. The Hall–Kier alpha value is -1.71. The highest BCUT2D eigenvalue weighted by molar-refractivity contribution is 5.59. The van der Waals surface area contributed by atoms with Crippen molar-refractivity contribution in [1.29, 1.82) is 0 Å². The third-order valence-electron chi connectivity index (χ3n) is 1.29. The van der Waals surface area contributed by atoms with Gasteiger partial charge in [-0.25, -0.2) is 4.79 Å². The van der Waals surface area contributed by atoms with Crippen LogP contribution in [-0.4, -0.2) is 19.9 Å². The molecule has 0 bridgehead atoms. The fourth-order valence-electron chi connectivity index (χ4n) is 0.725. The molecule has 4 heteroatoms. The average molecular weight is 212 g/mol. The minimum atomic E-state index is -0.691. The van der Waals surface area contributed by atoms with Gasteiger partial charge in [0.15, 0.2) is 0 Å². The maximum absolute atomic E-state index is 10.5. The van der Waals surface area contributed by atoms with Crippen LogP contribution in [0.25, 0.3) is 6.08 Å². The molecule has 1 aromatic rings. The molecule has 0 amide bonds. The zero-order valence-electron chi connectivity index (χ0n) is 9.23. The van der Waals surface area contributed by atoms with Crippen LogP contribution in [0.2, 0.25) is 0 Å². The molecule has 0 saturated carbocycles. The zero-order chi connectivity index (χ0) is 11.5. The van der Waals surface area contributed by atoms with Crippen LogP contribution in [0.1, 0.15) is 19.6 Å². The van der Waals surface area contributed by atoms with Crippen molar-refractivity contribution in [2.24, 2.45) is 0 Å². The molecule has 0 aromatic carbocycles. The summed E-state index contributed by atoms with van der Waals surface area (Å²) < 4.78 is 13.9. The quantitative estimate of drug-likeness (QED) is 0.722. The summed E-state index contributed by atoms with van der Waals surface area (Å²) in [6.07, 6.45) is 4.25. The first-order valence-electron chi connectivity index (χ1n) is 4.73. The third kappa shape index (κ3) is 6.37. The number of carbonyl (C=O) groups excluding carboxylic acids is 1. The van der Waals surface area contributed by atoms with Crippen LogP contribution in [-0.2, 0) is 9.47 Å². The van der Waals surface area contributed by atoms with E-state index in [1.54, 1.807) is 30.5 Å². The summed E-state index contributed by atoms with van der Waals surface area (Å²) in [5, 5.41) is 0. The van der Waals surface area contributed by atoms with Gasteiger partial charge in [0.2, 0.25) is 0 Å². The molecule has 15 heavy (non-hydrogen) atoms. The summed E-state index contributed by atoms with van der Waals surface area (Å²) in [5.41, 5.74) is 0. The minimum Gasteiger partial charge on any atom is -0.465 e. The summed E-state index contributed by atoms with van der Waals surface area (Å²) >= 11 is 0. The van der Waals surface area contributed by atoms with E-state index in [1.807, 2.05) is 13.8 Å². The average Bonchev–Trinajstić information content (AvgIpc) is 2.79. The second kappa shape index (κ2) is 8.87. The maximum Gasteiger partial charge on any atom is 0.508 e. The van der Waals surface area contributed by atoms with E-state index >= 15 is 0 Å². The molecule has 1 aromatic heterocycles. The van der Waals surface area contributed by atoms with Crippen LogP contribution in [0.4, 0.5) is 4.79 Å². The lowest BCUT2D eigenvalue weighted by atomic mass is 10.4. The SMILES string of the molecule is CC.COC(=O)OC/C=C/c1ccco1. The molecule has 1 rings (SSSR count). The van der Waals surface area contributed by atoms with Gasteiger partial charge in [-0.05, 0) is 24.3 Å². The monoisotopic (exact) mass is 212 g/mol. The normalized spacial score (nSPS) is 9.27. The van der Waals surface area contributed by atoms with Gasteiger partial charge in [-0.1, -0.05) is 13.8 Å². The Balaban J connectivity index is 0.000000921. The van der Waals surface area contributed by atoms with E-state index in [0.29, 0.717) is 5.76 Å². The first-order chi connectivity index (χ1) is 7.33. The van der Waals surface area contributed by atoms with Crippen LogP contribution >= 0.6 is 0 Å². The second-order valence-corrected chi connectivity index (χ2v) is 2.18. The van der Waals surface area contributed by atoms with E-state index in [4.69, 9.17) is 4.42 Å². The Morgan fingerprint density at radius 1 is 1.53 bits per heavy atom. The van der Waals surface area contributed by atoms with Crippen molar-refractivity contribution in [2.45, 2.75) is 13.8 Å². The molecule has 0 spiro atoms. The van der Waals surface area contributed by atoms with Gasteiger partial charge in [0, 0.05) is 0 Å². The Morgan fingerprint density at radius 3 is 2.80 bits per heavy atom. The number of carbonyl (C=O) groups is 1. The number of hydrogen-bond acceptors (Lipinski definition) is 4.